The molecule has 4 nitrogen and oxygen atoms in total. The van der Waals surface area contributed by atoms with Crippen LogP contribution in [0.2, 0.25) is 0 Å². The minimum absolute atomic E-state index is 0. The highest BCUT2D eigenvalue weighted by Crippen LogP contribution is 2.14. The van der Waals surface area contributed by atoms with Crippen LogP contribution in [0, 0.1) is 5.82 Å². The lowest BCUT2D eigenvalue weighted by Crippen LogP contribution is -2.36. The van der Waals surface area contributed by atoms with Crippen molar-refractivity contribution in [2.24, 2.45) is 4.99 Å². The quantitative estimate of drug-likeness (QED) is 0.359. The molecule has 142 valence electrons. The van der Waals surface area contributed by atoms with Gasteiger partial charge in [0, 0.05) is 25.7 Å². The zero-order chi connectivity index (χ0) is 18.1. The summed E-state index contributed by atoms with van der Waals surface area (Å²) >= 11 is 0. The van der Waals surface area contributed by atoms with Crippen molar-refractivity contribution in [1.29, 1.82) is 0 Å². The molecule has 0 aliphatic rings. The summed E-state index contributed by atoms with van der Waals surface area (Å²) in [5, 5.41) is 6.10. The van der Waals surface area contributed by atoms with E-state index in [0.29, 0.717) is 30.4 Å². The summed E-state index contributed by atoms with van der Waals surface area (Å²) in [7, 11) is 1.61. The Labute approximate surface area is 167 Å². The first-order valence-electron chi connectivity index (χ1n) is 7.76. The molecule has 0 unspecified atom stereocenters. The van der Waals surface area contributed by atoms with Crippen LogP contribution >= 0.6 is 24.0 Å². The van der Waals surface area contributed by atoms with Gasteiger partial charge in [0.05, 0.1) is 0 Å². The fraction of sp³-hybridized carbons (Fsp3) is 0.278. The Morgan fingerprint density at radius 2 is 1.81 bits per heavy atom. The summed E-state index contributed by atoms with van der Waals surface area (Å²) in [5.74, 6) is 0.602. The van der Waals surface area contributed by atoms with Crippen molar-refractivity contribution < 1.29 is 17.9 Å². The van der Waals surface area contributed by atoms with Crippen LogP contribution in [0.1, 0.15) is 11.1 Å². The fourth-order valence-corrected chi connectivity index (χ4v) is 2.13. The van der Waals surface area contributed by atoms with Crippen molar-refractivity contribution in [2.75, 3.05) is 13.7 Å². The van der Waals surface area contributed by atoms with Crippen LogP contribution in [-0.2, 0) is 13.1 Å². The molecule has 0 heterocycles. The minimum Gasteiger partial charge on any atom is -0.488 e. The molecule has 0 saturated carbocycles. The lowest BCUT2D eigenvalue weighted by Gasteiger charge is -2.13. The van der Waals surface area contributed by atoms with Gasteiger partial charge in [-0.1, -0.05) is 30.3 Å². The average molecular weight is 479 g/mol. The number of ether oxygens (including phenoxy) is 1. The Bertz CT molecular complexity index is 714. The summed E-state index contributed by atoms with van der Waals surface area (Å²) in [4.78, 5) is 4.07. The summed E-state index contributed by atoms with van der Waals surface area (Å²) in [5.41, 5.74) is 1.38. The van der Waals surface area contributed by atoms with E-state index in [2.05, 4.69) is 15.6 Å². The highest BCUT2D eigenvalue weighted by molar-refractivity contribution is 14.0. The monoisotopic (exact) mass is 479 g/mol. The van der Waals surface area contributed by atoms with Crippen LogP contribution in [0.4, 0.5) is 13.2 Å². The Kier molecular flexibility index (Phi) is 9.85. The van der Waals surface area contributed by atoms with E-state index in [1.54, 1.807) is 43.4 Å². The van der Waals surface area contributed by atoms with Crippen LogP contribution < -0.4 is 15.4 Å². The normalized spacial score (nSPS) is 11.0. The highest BCUT2D eigenvalue weighted by atomic mass is 127. The van der Waals surface area contributed by atoms with E-state index in [-0.39, 0.29) is 29.8 Å². The first-order valence-corrected chi connectivity index (χ1v) is 7.76. The molecular weight excluding hydrogens is 458 g/mol. The molecule has 0 radical (unpaired) electrons. The number of hydrogen-bond acceptors (Lipinski definition) is 2. The van der Waals surface area contributed by atoms with Gasteiger partial charge in [-0.2, -0.15) is 0 Å². The number of rotatable bonds is 7. The number of benzene rings is 2. The topological polar surface area (TPSA) is 45.7 Å². The van der Waals surface area contributed by atoms with Gasteiger partial charge in [-0.25, -0.2) is 13.2 Å². The van der Waals surface area contributed by atoms with E-state index >= 15 is 0 Å². The van der Waals surface area contributed by atoms with E-state index in [0.717, 1.165) is 5.56 Å². The Hall–Kier alpha value is -1.97. The van der Waals surface area contributed by atoms with Crippen molar-refractivity contribution in [3.63, 3.8) is 0 Å². The SMILES string of the molecule is CN=C(NCc1cccc(OCC(F)F)c1)NCc1ccccc1F.I. The van der Waals surface area contributed by atoms with Gasteiger partial charge in [-0.15, -0.1) is 24.0 Å². The number of guanidine groups is 1. The van der Waals surface area contributed by atoms with Crippen molar-refractivity contribution in [2.45, 2.75) is 19.5 Å². The van der Waals surface area contributed by atoms with Gasteiger partial charge in [-0.05, 0) is 23.8 Å². The minimum atomic E-state index is -2.51. The summed E-state index contributed by atoms with van der Waals surface area (Å²) in [6, 6.07) is 13.4. The number of aliphatic imine (C=N–C) groups is 1. The van der Waals surface area contributed by atoms with Gasteiger partial charge in [-0.3, -0.25) is 4.99 Å². The van der Waals surface area contributed by atoms with Crippen molar-refractivity contribution in [3.05, 3.63) is 65.5 Å². The van der Waals surface area contributed by atoms with Crippen molar-refractivity contribution >= 4 is 29.9 Å². The molecule has 0 fully saturated rings. The lowest BCUT2D eigenvalue weighted by atomic mass is 10.2. The van der Waals surface area contributed by atoms with E-state index in [4.69, 9.17) is 4.74 Å². The maximum atomic E-state index is 13.6. The standard InChI is InChI=1S/C18H20F3N3O.HI/c1-22-18(24-11-14-6-2-3-8-16(14)19)23-10-13-5-4-7-15(9-13)25-12-17(20)21;/h2-9,17H,10-12H2,1H3,(H2,22,23,24);1H. The molecule has 2 N–H and O–H groups in total. The molecule has 2 rings (SSSR count). The van der Waals surface area contributed by atoms with Gasteiger partial charge < -0.3 is 15.4 Å². The second kappa shape index (κ2) is 11.6. The smallest absolute Gasteiger partial charge is 0.272 e. The molecule has 0 aromatic heterocycles. The largest absolute Gasteiger partial charge is 0.488 e. The van der Waals surface area contributed by atoms with Crippen LogP contribution in [-0.4, -0.2) is 26.0 Å². The number of nitrogens with zero attached hydrogens (tertiary/aromatic N) is 1. The first kappa shape index (κ1) is 22.1. The van der Waals surface area contributed by atoms with Crippen LogP contribution in [0.25, 0.3) is 0 Å². The predicted octanol–water partition coefficient (Wildman–Crippen LogP) is 3.95. The molecular formula is C18H21F3IN3O. The van der Waals surface area contributed by atoms with E-state index < -0.39 is 13.0 Å². The zero-order valence-electron chi connectivity index (χ0n) is 14.2. The van der Waals surface area contributed by atoms with Crippen LogP contribution in [0.15, 0.2) is 53.5 Å². The third-order valence-corrected chi connectivity index (χ3v) is 3.36. The number of alkyl halides is 2. The zero-order valence-corrected chi connectivity index (χ0v) is 16.5. The van der Waals surface area contributed by atoms with Crippen molar-refractivity contribution in [1.82, 2.24) is 10.6 Å². The molecule has 0 spiro atoms. The summed E-state index contributed by atoms with van der Waals surface area (Å²) < 4.78 is 43.0. The van der Waals surface area contributed by atoms with Gasteiger partial charge in [0.2, 0.25) is 0 Å². The molecule has 0 bridgehead atoms. The van der Waals surface area contributed by atoms with Gasteiger partial charge in [0.15, 0.2) is 5.96 Å². The maximum absolute atomic E-state index is 13.6. The fourth-order valence-electron chi connectivity index (χ4n) is 2.13. The van der Waals surface area contributed by atoms with Gasteiger partial charge in [0.1, 0.15) is 18.2 Å². The Balaban J connectivity index is 0.00000338. The van der Waals surface area contributed by atoms with E-state index in [9.17, 15) is 13.2 Å². The average Bonchev–Trinajstić information content (AvgIpc) is 2.62. The first-order chi connectivity index (χ1) is 12.1. The van der Waals surface area contributed by atoms with E-state index in [1.807, 2.05) is 6.07 Å². The second-order valence-corrected chi connectivity index (χ2v) is 5.22. The number of hydrogen-bond donors (Lipinski definition) is 2. The molecule has 26 heavy (non-hydrogen) atoms. The summed E-state index contributed by atoms with van der Waals surface area (Å²) in [6.07, 6.45) is -2.51. The molecule has 0 amide bonds. The molecule has 2 aromatic rings. The van der Waals surface area contributed by atoms with Gasteiger partial charge in [0.25, 0.3) is 6.43 Å². The molecule has 0 saturated heterocycles. The Morgan fingerprint density at radius 1 is 1.08 bits per heavy atom. The molecule has 0 aliphatic carbocycles. The Morgan fingerprint density at radius 3 is 2.50 bits per heavy atom. The molecule has 0 aliphatic heterocycles. The van der Waals surface area contributed by atoms with Gasteiger partial charge >= 0.3 is 0 Å². The third-order valence-electron chi connectivity index (χ3n) is 3.36. The third kappa shape index (κ3) is 7.51. The second-order valence-electron chi connectivity index (χ2n) is 5.22. The predicted molar refractivity (Wildman–Crippen MR) is 107 cm³/mol. The summed E-state index contributed by atoms with van der Waals surface area (Å²) in [6.45, 7) is 0.0788. The van der Waals surface area contributed by atoms with Crippen LogP contribution in [0.3, 0.4) is 0 Å². The molecule has 8 heteroatoms. The highest BCUT2D eigenvalue weighted by Gasteiger charge is 2.05. The lowest BCUT2D eigenvalue weighted by molar-refractivity contribution is 0.0818. The van der Waals surface area contributed by atoms with Crippen molar-refractivity contribution in [3.8, 4) is 5.75 Å². The number of nitrogens with one attached hydrogen (secondary N) is 2. The maximum Gasteiger partial charge on any atom is 0.272 e. The van der Waals surface area contributed by atoms with Crippen LogP contribution in [0.5, 0.6) is 5.75 Å². The molecule has 2 aromatic carbocycles. The van der Waals surface area contributed by atoms with E-state index in [1.165, 1.54) is 6.07 Å². The number of halogens is 4. The molecule has 0 atom stereocenters.